The number of nitrogens with zero attached hydrogens (tertiary/aromatic N) is 3. The van der Waals surface area contributed by atoms with Crippen LogP contribution >= 0.6 is 0 Å². The Morgan fingerprint density at radius 1 is 0.963 bits per heavy atom. The number of amides is 3. The molecule has 0 bridgehead atoms. The molecule has 4 rings (SSSR count). The van der Waals surface area contributed by atoms with Crippen LogP contribution in [0.5, 0.6) is 0 Å². The van der Waals surface area contributed by atoms with Gasteiger partial charge in [-0.15, -0.1) is 0 Å². The van der Waals surface area contributed by atoms with Crippen LogP contribution in [0.3, 0.4) is 0 Å². The molecule has 0 saturated carbocycles. The first kappa shape index (κ1) is 17.8. The molecule has 1 aromatic carbocycles. The van der Waals surface area contributed by atoms with E-state index in [1.54, 1.807) is 12.1 Å². The van der Waals surface area contributed by atoms with Gasteiger partial charge in [0.1, 0.15) is 5.70 Å². The van der Waals surface area contributed by atoms with Crippen molar-refractivity contribution in [3.63, 3.8) is 0 Å². The van der Waals surface area contributed by atoms with E-state index in [4.69, 9.17) is 0 Å². The van der Waals surface area contributed by atoms with E-state index in [1.807, 2.05) is 28.0 Å². The molecule has 3 aliphatic heterocycles. The molecule has 6 heteroatoms. The van der Waals surface area contributed by atoms with Gasteiger partial charge in [0.25, 0.3) is 11.8 Å². The number of imide groups is 1. The predicted molar refractivity (Wildman–Crippen MR) is 102 cm³/mol. The van der Waals surface area contributed by atoms with E-state index >= 15 is 0 Å². The number of rotatable bonds is 5. The number of piperidine rings is 1. The highest BCUT2D eigenvalue weighted by Crippen LogP contribution is 2.29. The molecule has 3 aliphatic rings. The molecule has 3 heterocycles. The second-order valence-electron chi connectivity index (χ2n) is 7.55. The van der Waals surface area contributed by atoms with Crippen molar-refractivity contribution < 1.29 is 14.4 Å². The first-order valence-electron chi connectivity index (χ1n) is 9.81. The van der Waals surface area contributed by atoms with Crippen LogP contribution in [0, 0.1) is 5.92 Å². The van der Waals surface area contributed by atoms with Crippen molar-refractivity contribution in [3.05, 3.63) is 42.1 Å². The Hall–Kier alpha value is -2.63. The van der Waals surface area contributed by atoms with Crippen molar-refractivity contribution in [3.8, 4) is 0 Å². The third-order valence-electron chi connectivity index (χ3n) is 5.85. The summed E-state index contributed by atoms with van der Waals surface area (Å²) in [7, 11) is 0. The average Bonchev–Trinajstić information content (AvgIpc) is 3.23. The Kier molecular flexibility index (Phi) is 4.97. The van der Waals surface area contributed by atoms with Gasteiger partial charge in [0.05, 0.1) is 5.69 Å². The van der Waals surface area contributed by atoms with Gasteiger partial charge in [0.15, 0.2) is 0 Å². The summed E-state index contributed by atoms with van der Waals surface area (Å²) in [6.07, 6.45) is 6.17. The van der Waals surface area contributed by atoms with Crippen LogP contribution in [0.2, 0.25) is 0 Å². The molecule has 3 amide bonds. The zero-order chi connectivity index (χ0) is 18.8. The number of hydrogen-bond acceptors (Lipinski definition) is 4. The van der Waals surface area contributed by atoms with E-state index in [1.165, 1.54) is 11.0 Å². The molecule has 0 radical (unpaired) electrons. The van der Waals surface area contributed by atoms with Crippen molar-refractivity contribution in [1.29, 1.82) is 0 Å². The van der Waals surface area contributed by atoms with Crippen LogP contribution in [-0.4, -0.2) is 53.7 Å². The van der Waals surface area contributed by atoms with Crippen molar-refractivity contribution in [2.45, 2.75) is 32.1 Å². The minimum Gasteiger partial charge on any atom is -0.367 e. The molecular formula is C21H25N3O3. The molecule has 1 aromatic rings. The maximum absolute atomic E-state index is 12.8. The molecule has 2 saturated heterocycles. The fraction of sp³-hybridized carbons (Fsp3) is 0.476. The van der Waals surface area contributed by atoms with E-state index in [9.17, 15) is 14.4 Å². The van der Waals surface area contributed by atoms with Gasteiger partial charge in [-0.2, -0.15) is 0 Å². The van der Waals surface area contributed by atoms with Crippen molar-refractivity contribution in [2.24, 2.45) is 5.92 Å². The number of carbonyl (C=O) groups excluding carboxylic acids is 3. The molecule has 0 aromatic heterocycles. The van der Waals surface area contributed by atoms with Gasteiger partial charge in [-0.3, -0.25) is 14.4 Å². The molecule has 142 valence electrons. The van der Waals surface area contributed by atoms with Crippen LogP contribution in [-0.2, 0) is 14.4 Å². The second-order valence-corrected chi connectivity index (χ2v) is 7.55. The third kappa shape index (κ3) is 3.61. The summed E-state index contributed by atoms with van der Waals surface area (Å²) in [5, 5.41) is 0. The summed E-state index contributed by atoms with van der Waals surface area (Å²) in [5.74, 6) is 0.365. The quantitative estimate of drug-likeness (QED) is 0.749. The SMILES string of the molecule is O=C1CCCN1CCC1CCN(C2=CC(=O)N(c3ccccc3)C2=O)CC1. The summed E-state index contributed by atoms with van der Waals surface area (Å²) in [6.45, 7) is 3.32. The first-order valence-corrected chi connectivity index (χ1v) is 9.81. The standard InChI is InChI=1S/C21H25N3O3/c25-19-7-4-11-23(19)14-10-16-8-12-22(13-9-16)18-15-20(26)24(21(18)27)17-5-2-1-3-6-17/h1-3,5-6,15-16H,4,7-14H2. The lowest BCUT2D eigenvalue weighted by Gasteiger charge is -2.34. The second kappa shape index (κ2) is 7.55. The molecule has 27 heavy (non-hydrogen) atoms. The Labute approximate surface area is 159 Å². The first-order chi connectivity index (χ1) is 13.1. The lowest BCUT2D eigenvalue weighted by Crippen LogP contribution is -2.39. The van der Waals surface area contributed by atoms with Crippen molar-refractivity contribution in [2.75, 3.05) is 31.1 Å². The van der Waals surface area contributed by atoms with Crippen LogP contribution in [0.25, 0.3) is 0 Å². The van der Waals surface area contributed by atoms with Gasteiger partial charge in [0.2, 0.25) is 5.91 Å². The summed E-state index contributed by atoms with van der Waals surface area (Å²) in [4.78, 5) is 42.1. The number of carbonyl (C=O) groups is 3. The normalized spacial score (nSPS) is 21.4. The van der Waals surface area contributed by atoms with Crippen molar-refractivity contribution >= 4 is 23.4 Å². The molecule has 0 N–H and O–H groups in total. The minimum absolute atomic E-state index is 0.229. The number of likely N-dealkylation sites (tertiary alicyclic amines) is 2. The maximum Gasteiger partial charge on any atom is 0.281 e. The molecule has 0 atom stereocenters. The van der Waals surface area contributed by atoms with Crippen LogP contribution < -0.4 is 4.90 Å². The van der Waals surface area contributed by atoms with Crippen LogP contribution in [0.4, 0.5) is 5.69 Å². The van der Waals surface area contributed by atoms with Gasteiger partial charge < -0.3 is 9.80 Å². The van der Waals surface area contributed by atoms with Gasteiger partial charge in [-0.25, -0.2) is 4.90 Å². The fourth-order valence-corrected chi connectivity index (χ4v) is 4.25. The zero-order valence-electron chi connectivity index (χ0n) is 15.5. The largest absolute Gasteiger partial charge is 0.367 e. The van der Waals surface area contributed by atoms with Gasteiger partial charge >= 0.3 is 0 Å². The summed E-state index contributed by atoms with van der Waals surface area (Å²) in [6, 6.07) is 9.06. The molecule has 0 unspecified atom stereocenters. The predicted octanol–water partition coefficient (Wildman–Crippen LogP) is 2.17. The Bertz CT molecular complexity index is 766. The molecular weight excluding hydrogens is 342 g/mol. The summed E-state index contributed by atoms with van der Waals surface area (Å²) in [5.41, 5.74) is 1.13. The maximum atomic E-state index is 12.8. The number of anilines is 1. The third-order valence-corrected chi connectivity index (χ3v) is 5.85. The van der Waals surface area contributed by atoms with Crippen molar-refractivity contribution in [1.82, 2.24) is 9.80 Å². The number of hydrogen-bond donors (Lipinski definition) is 0. The minimum atomic E-state index is -0.268. The lowest BCUT2D eigenvalue weighted by molar-refractivity contribution is -0.128. The Morgan fingerprint density at radius 2 is 1.70 bits per heavy atom. The highest BCUT2D eigenvalue weighted by molar-refractivity contribution is 6.30. The zero-order valence-corrected chi connectivity index (χ0v) is 15.5. The van der Waals surface area contributed by atoms with Crippen LogP contribution in [0.1, 0.15) is 32.1 Å². The van der Waals surface area contributed by atoms with E-state index in [0.717, 1.165) is 51.9 Å². The Balaban J connectivity index is 1.32. The van der Waals surface area contributed by atoms with Crippen LogP contribution in [0.15, 0.2) is 42.1 Å². The molecule has 0 spiro atoms. The highest BCUT2D eigenvalue weighted by Gasteiger charge is 2.36. The van der Waals surface area contributed by atoms with Gasteiger partial charge in [-0.05, 0) is 43.7 Å². The molecule has 0 aliphatic carbocycles. The topological polar surface area (TPSA) is 60.9 Å². The average molecular weight is 367 g/mol. The van der Waals surface area contributed by atoms with E-state index < -0.39 is 0 Å². The van der Waals surface area contributed by atoms with Gasteiger partial charge in [0, 0.05) is 38.7 Å². The molecule has 6 nitrogen and oxygen atoms in total. The molecule has 2 fully saturated rings. The number of para-hydroxylation sites is 1. The van der Waals surface area contributed by atoms with E-state index in [-0.39, 0.29) is 17.7 Å². The smallest absolute Gasteiger partial charge is 0.281 e. The monoisotopic (exact) mass is 367 g/mol. The number of benzene rings is 1. The van der Waals surface area contributed by atoms with E-state index in [0.29, 0.717) is 23.7 Å². The summed E-state index contributed by atoms with van der Waals surface area (Å²) >= 11 is 0. The van der Waals surface area contributed by atoms with Gasteiger partial charge in [-0.1, -0.05) is 18.2 Å². The fourth-order valence-electron chi connectivity index (χ4n) is 4.25. The Morgan fingerprint density at radius 3 is 2.37 bits per heavy atom. The van der Waals surface area contributed by atoms with E-state index in [2.05, 4.69) is 0 Å². The highest BCUT2D eigenvalue weighted by atomic mass is 16.2. The summed E-state index contributed by atoms with van der Waals surface area (Å²) < 4.78 is 0. The lowest BCUT2D eigenvalue weighted by atomic mass is 9.93.